The maximum absolute atomic E-state index is 12.2. The molecule has 3 rings (SSSR count). The largest absolute Gasteiger partial charge is 0.497 e. The first-order valence-electron chi connectivity index (χ1n) is 9.21. The van der Waals surface area contributed by atoms with Gasteiger partial charge in [0.15, 0.2) is 0 Å². The van der Waals surface area contributed by atoms with Crippen molar-refractivity contribution in [3.63, 3.8) is 0 Å². The second-order valence-electron chi connectivity index (χ2n) is 6.46. The number of rotatable bonds is 9. The Bertz CT molecular complexity index is 1090. The minimum Gasteiger partial charge on any atom is -0.497 e. The first-order valence-corrected chi connectivity index (χ1v) is 10.9. The quantitative estimate of drug-likeness (QED) is 0.580. The number of aryl methyl sites for hydroxylation is 1. The number of benzene rings is 2. The molecule has 7 nitrogen and oxygen atoms in total. The van der Waals surface area contributed by atoms with E-state index in [-0.39, 0.29) is 24.4 Å². The van der Waals surface area contributed by atoms with E-state index in [1.807, 2.05) is 54.6 Å². The number of hydrogen-bond donors (Lipinski definition) is 1. The summed E-state index contributed by atoms with van der Waals surface area (Å²) in [5.74, 6) is 0.720. The third kappa shape index (κ3) is 6.00. The molecule has 0 aliphatic rings. The van der Waals surface area contributed by atoms with Crippen molar-refractivity contribution in [1.82, 2.24) is 14.5 Å². The molecule has 0 unspecified atom stereocenters. The summed E-state index contributed by atoms with van der Waals surface area (Å²) >= 11 is 0. The molecule has 2 aromatic carbocycles. The van der Waals surface area contributed by atoms with Gasteiger partial charge in [0.05, 0.1) is 25.1 Å². The van der Waals surface area contributed by atoms with E-state index >= 15 is 0 Å². The minimum absolute atomic E-state index is 0.00870. The molecular formula is C21H23N3O4S. The molecule has 0 spiro atoms. The van der Waals surface area contributed by atoms with Gasteiger partial charge in [0.1, 0.15) is 5.75 Å². The summed E-state index contributed by atoms with van der Waals surface area (Å²) in [6.07, 6.45) is 0.432. The molecular weight excluding hydrogens is 390 g/mol. The second kappa shape index (κ2) is 9.49. The number of hydrogen-bond acceptors (Lipinski definition) is 5. The SMILES string of the molecule is COc1ccc(-c2ccc(=O)n(CCNS(=O)(=O)CCc3ccccc3)n2)cc1. The van der Waals surface area contributed by atoms with E-state index in [0.717, 1.165) is 16.9 Å². The lowest BCUT2D eigenvalue weighted by Crippen LogP contribution is -2.33. The number of nitrogens with one attached hydrogen (secondary N) is 1. The van der Waals surface area contributed by atoms with Crippen LogP contribution >= 0.6 is 0 Å². The maximum atomic E-state index is 12.2. The van der Waals surface area contributed by atoms with E-state index in [1.165, 1.54) is 10.7 Å². The van der Waals surface area contributed by atoms with Crippen molar-refractivity contribution in [3.8, 4) is 17.0 Å². The smallest absolute Gasteiger partial charge is 0.266 e. The van der Waals surface area contributed by atoms with Gasteiger partial charge in [-0.05, 0) is 42.3 Å². The maximum Gasteiger partial charge on any atom is 0.266 e. The van der Waals surface area contributed by atoms with Crippen molar-refractivity contribution < 1.29 is 13.2 Å². The standard InChI is InChI=1S/C21H23N3O4S/c1-28-19-9-7-18(8-10-19)20-11-12-21(25)24(23-20)15-14-22-29(26,27)16-13-17-5-3-2-4-6-17/h2-12,22H,13-16H2,1H3. The molecule has 0 bridgehead atoms. The predicted molar refractivity (Wildman–Crippen MR) is 112 cm³/mol. The Kier molecular flexibility index (Phi) is 6.79. The van der Waals surface area contributed by atoms with E-state index in [1.54, 1.807) is 13.2 Å². The second-order valence-corrected chi connectivity index (χ2v) is 8.38. The molecule has 0 radical (unpaired) electrons. The summed E-state index contributed by atoms with van der Waals surface area (Å²) in [4.78, 5) is 12.1. The van der Waals surface area contributed by atoms with Crippen molar-refractivity contribution in [3.05, 3.63) is 82.6 Å². The van der Waals surface area contributed by atoms with Gasteiger partial charge in [-0.25, -0.2) is 17.8 Å². The van der Waals surface area contributed by atoms with Crippen LogP contribution in [0, 0.1) is 0 Å². The van der Waals surface area contributed by atoms with Gasteiger partial charge in [0.25, 0.3) is 5.56 Å². The number of aromatic nitrogens is 2. The molecule has 0 amide bonds. The van der Waals surface area contributed by atoms with Crippen LogP contribution < -0.4 is 15.0 Å². The number of nitrogens with zero attached hydrogens (tertiary/aromatic N) is 2. The van der Waals surface area contributed by atoms with Crippen LogP contribution in [0.15, 0.2) is 71.5 Å². The van der Waals surface area contributed by atoms with Crippen LogP contribution in [0.4, 0.5) is 0 Å². The van der Waals surface area contributed by atoms with Crippen LogP contribution in [0.3, 0.4) is 0 Å². The van der Waals surface area contributed by atoms with Gasteiger partial charge in [-0.15, -0.1) is 0 Å². The van der Waals surface area contributed by atoms with Gasteiger partial charge in [-0.3, -0.25) is 4.79 Å². The monoisotopic (exact) mass is 413 g/mol. The fraction of sp³-hybridized carbons (Fsp3) is 0.238. The van der Waals surface area contributed by atoms with Crippen LogP contribution in [0.1, 0.15) is 5.56 Å². The van der Waals surface area contributed by atoms with E-state index in [0.29, 0.717) is 12.1 Å². The van der Waals surface area contributed by atoms with Crippen LogP contribution in [0.2, 0.25) is 0 Å². The average Bonchev–Trinajstić information content (AvgIpc) is 2.74. The molecule has 1 aromatic heterocycles. The highest BCUT2D eigenvalue weighted by atomic mass is 32.2. The normalized spacial score (nSPS) is 11.3. The highest BCUT2D eigenvalue weighted by Crippen LogP contribution is 2.19. The highest BCUT2D eigenvalue weighted by molar-refractivity contribution is 7.89. The van der Waals surface area contributed by atoms with Gasteiger partial charge >= 0.3 is 0 Å². The molecule has 152 valence electrons. The molecule has 0 aliphatic carbocycles. The third-order valence-electron chi connectivity index (χ3n) is 4.40. The summed E-state index contributed by atoms with van der Waals surface area (Å²) in [5.41, 5.74) is 2.14. The van der Waals surface area contributed by atoms with E-state index < -0.39 is 10.0 Å². The lowest BCUT2D eigenvalue weighted by molar-refractivity contribution is 0.415. The van der Waals surface area contributed by atoms with Gasteiger partial charge in [-0.1, -0.05) is 30.3 Å². The Morgan fingerprint density at radius 3 is 2.41 bits per heavy atom. The zero-order valence-corrected chi connectivity index (χ0v) is 16.9. The summed E-state index contributed by atoms with van der Waals surface area (Å²) < 4.78 is 33.3. The molecule has 0 saturated carbocycles. The van der Waals surface area contributed by atoms with Crippen molar-refractivity contribution in [2.24, 2.45) is 0 Å². The van der Waals surface area contributed by atoms with E-state index in [9.17, 15) is 13.2 Å². The molecule has 3 aromatic rings. The minimum atomic E-state index is -3.44. The van der Waals surface area contributed by atoms with Crippen molar-refractivity contribution in [1.29, 1.82) is 0 Å². The zero-order valence-electron chi connectivity index (χ0n) is 16.1. The molecule has 0 fully saturated rings. The van der Waals surface area contributed by atoms with E-state index in [2.05, 4.69) is 9.82 Å². The average molecular weight is 413 g/mol. The first-order chi connectivity index (χ1) is 14.0. The lowest BCUT2D eigenvalue weighted by atomic mass is 10.1. The number of ether oxygens (including phenoxy) is 1. The summed E-state index contributed by atoms with van der Waals surface area (Å²) in [7, 11) is -1.85. The molecule has 1 N–H and O–H groups in total. The summed E-state index contributed by atoms with van der Waals surface area (Å²) in [6, 6.07) is 19.8. The fourth-order valence-corrected chi connectivity index (χ4v) is 3.85. The Hall–Kier alpha value is -2.97. The summed E-state index contributed by atoms with van der Waals surface area (Å²) in [5, 5.41) is 4.34. The van der Waals surface area contributed by atoms with Crippen LogP contribution in [-0.2, 0) is 23.0 Å². The molecule has 8 heteroatoms. The van der Waals surface area contributed by atoms with Gasteiger partial charge < -0.3 is 4.74 Å². The fourth-order valence-electron chi connectivity index (χ4n) is 2.80. The Morgan fingerprint density at radius 1 is 1.00 bits per heavy atom. The van der Waals surface area contributed by atoms with Crippen LogP contribution in [0.5, 0.6) is 5.75 Å². The highest BCUT2D eigenvalue weighted by Gasteiger charge is 2.11. The molecule has 0 saturated heterocycles. The zero-order chi connectivity index (χ0) is 20.7. The van der Waals surface area contributed by atoms with Crippen LogP contribution in [-0.4, -0.2) is 37.6 Å². The Morgan fingerprint density at radius 2 is 1.72 bits per heavy atom. The van der Waals surface area contributed by atoms with Crippen molar-refractivity contribution in [2.75, 3.05) is 19.4 Å². The topological polar surface area (TPSA) is 90.3 Å². The molecule has 1 heterocycles. The van der Waals surface area contributed by atoms with Crippen molar-refractivity contribution in [2.45, 2.75) is 13.0 Å². The lowest BCUT2D eigenvalue weighted by Gasteiger charge is -2.09. The first kappa shape index (κ1) is 20.8. The van der Waals surface area contributed by atoms with Gasteiger partial charge in [0.2, 0.25) is 10.0 Å². The van der Waals surface area contributed by atoms with Crippen LogP contribution in [0.25, 0.3) is 11.3 Å². The van der Waals surface area contributed by atoms with Gasteiger partial charge in [-0.2, -0.15) is 5.10 Å². The number of methoxy groups -OCH3 is 1. The Labute approximate surface area is 170 Å². The third-order valence-corrected chi connectivity index (χ3v) is 5.79. The Balaban J connectivity index is 1.60. The van der Waals surface area contributed by atoms with Crippen molar-refractivity contribution >= 4 is 10.0 Å². The molecule has 0 atom stereocenters. The van der Waals surface area contributed by atoms with Gasteiger partial charge in [0, 0.05) is 18.2 Å². The predicted octanol–water partition coefficient (Wildman–Crippen LogP) is 2.08. The summed E-state index contributed by atoms with van der Waals surface area (Å²) in [6.45, 7) is 0.240. The molecule has 0 aliphatic heterocycles. The molecule has 29 heavy (non-hydrogen) atoms. The number of sulfonamides is 1. The van der Waals surface area contributed by atoms with E-state index in [4.69, 9.17) is 4.74 Å².